The number of H-pyrrole nitrogens is 1. The van der Waals surface area contributed by atoms with Gasteiger partial charge in [0.15, 0.2) is 0 Å². The number of hydrogen-bond acceptors (Lipinski definition) is 5. The Bertz CT molecular complexity index is 412. The third-order valence-electron chi connectivity index (χ3n) is 3.45. The normalized spacial score (nSPS) is 18.5. The molecular weight excluding hydrogens is 258 g/mol. The lowest BCUT2D eigenvalue weighted by Gasteiger charge is -2.35. The molecule has 0 radical (unpaired) electrons. The van der Waals surface area contributed by atoms with Crippen LogP contribution >= 0.6 is 0 Å². The zero-order valence-corrected chi connectivity index (χ0v) is 12.1. The van der Waals surface area contributed by atoms with E-state index in [2.05, 4.69) is 15.1 Å². The highest BCUT2D eigenvalue weighted by atomic mass is 16.3. The Kier molecular flexibility index (Phi) is 5.11. The molecule has 1 aromatic rings. The highest BCUT2D eigenvalue weighted by Gasteiger charge is 2.23. The molecule has 1 fully saturated rings. The second-order valence-corrected chi connectivity index (χ2v) is 5.50. The molecule has 0 bridgehead atoms. The average Bonchev–Trinajstić information content (AvgIpc) is 2.91. The van der Waals surface area contributed by atoms with Gasteiger partial charge in [-0.2, -0.15) is 5.10 Å². The number of aromatic nitrogens is 2. The monoisotopic (exact) mass is 281 g/mol. The number of hydrogen-bond donors (Lipinski definition) is 2. The molecule has 2 rings (SSSR count). The number of nitrogens with one attached hydrogen (secondary N) is 1. The minimum Gasteiger partial charge on any atom is -0.390 e. The van der Waals surface area contributed by atoms with Gasteiger partial charge < -0.3 is 14.9 Å². The first-order chi connectivity index (χ1) is 9.56. The van der Waals surface area contributed by atoms with E-state index < -0.39 is 0 Å². The van der Waals surface area contributed by atoms with Gasteiger partial charge in [0.25, 0.3) is 5.91 Å². The lowest BCUT2D eigenvalue weighted by molar-refractivity contribution is 0.0479. The van der Waals surface area contributed by atoms with Crippen molar-refractivity contribution in [2.24, 2.45) is 0 Å². The number of nitrogens with zero attached hydrogens (tertiary/aromatic N) is 4. The molecule has 1 unspecified atom stereocenters. The maximum Gasteiger partial charge on any atom is 0.257 e. The molecule has 1 aliphatic heterocycles. The molecule has 0 aliphatic carbocycles. The van der Waals surface area contributed by atoms with Crippen molar-refractivity contribution < 1.29 is 9.90 Å². The summed E-state index contributed by atoms with van der Waals surface area (Å²) in [5.41, 5.74) is 0.603. The zero-order valence-electron chi connectivity index (χ0n) is 12.1. The molecule has 0 spiro atoms. The van der Waals surface area contributed by atoms with Gasteiger partial charge in [0.1, 0.15) is 0 Å². The van der Waals surface area contributed by atoms with Crippen LogP contribution in [0.15, 0.2) is 12.4 Å². The fourth-order valence-electron chi connectivity index (χ4n) is 2.46. The Labute approximate surface area is 119 Å². The number of amides is 1. The number of aliphatic hydroxyl groups is 1. The third-order valence-corrected chi connectivity index (χ3v) is 3.45. The van der Waals surface area contributed by atoms with Crippen molar-refractivity contribution in [1.82, 2.24) is 24.9 Å². The highest BCUT2D eigenvalue weighted by Crippen LogP contribution is 2.08. The summed E-state index contributed by atoms with van der Waals surface area (Å²) in [6.45, 7) is 4.31. The lowest BCUT2D eigenvalue weighted by atomic mass is 10.2. The van der Waals surface area contributed by atoms with E-state index in [0.29, 0.717) is 31.7 Å². The molecule has 1 aromatic heterocycles. The first-order valence-corrected chi connectivity index (χ1v) is 6.89. The summed E-state index contributed by atoms with van der Waals surface area (Å²) in [6, 6.07) is 0. The van der Waals surface area contributed by atoms with Gasteiger partial charge in [-0.25, -0.2) is 0 Å². The molecular formula is C13H23N5O2. The van der Waals surface area contributed by atoms with Crippen molar-refractivity contribution in [1.29, 1.82) is 0 Å². The van der Waals surface area contributed by atoms with Crippen LogP contribution in [-0.2, 0) is 0 Å². The van der Waals surface area contributed by atoms with Crippen LogP contribution in [0.4, 0.5) is 0 Å². The van der Waals surface area contributed by atoms with Gasteiger partial charge in [-0.1, -0.05) is 0 Å². The van der Waals surface area contributed by atoms with Crippen LogP contribution in [0, 0.1) is 0 Å². The second kappa shape index (κ2) is 6.83. The van der Waals surface area contributed by atoms with Crippen molar-refractivity contribution >= 4 is 5.91 Å². The molecule has 20 heavy (non-hydrogen) atoms. The number of β-amino-alcohol motifs (C(OH)–C–C–N with tert-alkyl or cyclic N) is 1. The van der Waals surface area contributed by atoms with E-state index in [4.69, 9.17) is 0 Å². The van der Waals surface area contributed by atoms with E-state index in [-0.39, 0.29) is 12.0 Å². The van der Waals surface area contributed by atoms with Crippen LogP contribution in [0.3, 0.4) is 0 Å². The van der Waals surface area contributed by atoms with E-state index in [1.807, 2.05) is 23.9 Å². The zero-order chi connectivity index (χ0) is 14.5. The van der Waals surface area contributed by atoms with Crippen molar-refractivity contribution in [3.05, 3.63) is 18.0 Å². The first kappa shape index (κ1) is 15.0. The number of aromatic amines is 1. The Balaban J connectivity index is 1.76. The van der Waals surface area contributed by atoms with Gasteiger partial charge in [0.05, 0.1) is 17.9 Å². The largest absolute Gasteiger partial charge is 0.390 e. The van der Waals surface area contributed by atoms with Gasteiger partial charge in [0, 0.05) is 45.5 Å². The lowest BCUT2D eigenvalue weighted by Crippen LogP contribution is -2.51. The summed E-state index contributed by atoms with van der Waals surface area (Å²) >= 11 is 0. The van der Waals surface area contributed by atoms with Crippen LogP contribution in [-0.4, -0.2) is 95.4 Å². The van der Waals surface area contributed by atoms with Crippen LogP contribution in [0.5, 0.6) is 0 Å². The van der Waals surface area contributed by atoms with Gasteiger partial charge in [-0.15, -0.1) is 0 Å². The smallest absolute Gasteiger partial charge is 0.257 e. The van der Waals surface area contributed by atoms with Crippen molar-refractivity contribution in [2.75, 3.05) is 53.4 Å². The van der Waals surface area contributed by atoms with Gasteiger partial charge in [0.2, 0.25) is 0 Å². The quantitative estimate of drug-likeness (QED) is 0.731. The Morgan fingerprint density at radius 2 is 2.15 bits per heavy atom. The van der Waals surface area contributed by atoms with Crippen molar-refractivity contribution in [3.63, 3.8) is 0 Å². The summed E-state index contributed by atoms with van der Waals surface area (Å²) in [7, 11) is 3.90. The summed E-state index contributed by atoms with van der Waals surface area (Å²) in [6.07, 6.45) is 2.83. The highest BCUT2D eigenvalue weighted by molar-refractivity contribution is 5.93. The summed E-state index contributed by atoms with van der Waals surface area (Å²) in [5, 5.41) is 16.4. The molecule has 1 amide bonds. The van der Waals surface area contributed by atoms with E-state index >= 15 is 0 Å². The van der Waals surface area contributed by atoms with Gasteiger partial charge >= 0.3 is 0 Å². The fraction of sp³-hybridized carbons (Fsp3) is 0.692. The average molecular weight is 281 g/mol. The van der Waals surface area contributed by atoms with Gasteiger partial charge in [-0.05, 0) is 14.1 Å². The summed E-state index contributed by atoms with van der Waals surface area (Å²) in [5.74, 6) is 0.0206. The minimum absolute atomic E-state index is 0.0206. The number of rotatable bonds is 5. The number of aliphatic hydroxyl groups excluding tert-OH is 1. The molecule has 0 saturated carbocycles. The maximum atomic E-state index is 12.1. The van der Waals surface area contributed by atoms with E-state index in [9.17, 15) is 9.90 Å². The fourth-order valence-corrected chi connectivity index (χ4v) is 2.46. The second-order valence-electron chi connectivity index (χ2n) is 5.50. The predicted molar refractivity (Wildman–Crippen MR) is 75.5 cm³/mol. The minimum atomic E-state index is -0.346. The molecule has 2 heterocycles. The number of carbonyl (C=O) groups is 1. The van der Waals surface area contributed by atoms with E-state index in [1.165, 1.54) is 0 Å². The molecule has 112 valence electrons. The van der Waals surface area contributed by atoms with Crippen LogP contribution < -0.4 is 0 Å². The Hall–Kier alpha value is -1.44. The molecule has 1 saturated heterocycles. The van der Waals surface area contributed by atoms with Crippen LogP contribution in [0.25, 0.3) is 0 Å². The first-order valence-electron chi connectivity index (χ1n) is 6.89. The third kappa shape index (κ3) is 4.03. The molecule has 0 aromatic carbocycles. The van der Waals surface area contributed by atoms with Crippen LogP contribution in [0.2, 0.25) is 0 Å². The summed E-state index contributed by atoms with van der Waals surface area (Å²) in [4.78, 5) is 18.1. The van der Waals surface area contributed by atoms with Crippen molar-refractivity contribution in [2.45, 2.75) is 6.10 Å². The number of piperazine rings is 1. The molecule has 2 N–H and O–H groups in total. The number of likely N-dealkylation sites (N-methyl/N-ethyl adjacent to an activating group) is 1. The summed E-state index contributed by atoms with van der Waals surface area (Å²) < 4.78 is 0. The van der Waals surface area contributed by atoms with Crippen molar-refractivity contribution in [3.8, 4) is 0 Å². The standard InChI is InChI=1S/C13H23N5O2/c1-16(2)9-12(19)10-17-3-5-18(6-4-17)13(20)11-7-14-15-8-11/h7-8,12,19H,3-6,9-10H2,1-2H3,(H,14,15). The molecule has 1 atom stereocenters. The molecule has 1 aliphatic rings. The maximum absolute atomic E-state index is 12.1. The van der Waals surface area contributed by atoms with Crippen LogP contribution in [0.1, 0.15) is 10.4 Å². The SMILES string of the molecule is CN(C)CC(O)CN1CCN(C(=O)c2cn[nH]c2)CC1. The van der Waals surface area contributed by atoms with E-state index in [1.54, 1.807) is 12.4 Å². The van der Waals surface area contributed by atoms with E-state index in [0.717, 1.165) is 13.1 Å². The predicted octanol–water partition coefficient (Wildman–Crippen LogP) is -0.910. The Morgan fingerprint density at radius 1 is 1.45 bits per heavy atom. The molecule has 7 heteroatoms. The number of carbonyl (C=O) groups excluding carboxylic acids is 1. The molecule has 7 nitrogen and oxygen atoms in total. The van der Waals surface area contributed by atoms with Gasteiger partial charge in [-0.3, -0.25) is 14.8 Å². The topological polar surface area (TPSA) is 75.7 Å². The Morgan fingerprint density at radius 3 is 2.70 bits per heavy atom.